The second kappa shape index (κ2) is 5.63. The van der Waals surface area contributed by atoms with Crippen LogP contribution >= 0.6 is 15.9 Å². The molecule has 3 N–H and O–H groups in total. The molecule has 1 amide bonds. The second-order valence-corrected chi connectivity index (χ2v) is 4.91. The van der Waals surface area contributed by atoms with Crippen molar-refractivity contribution in [1.29, 1.82) is 5.26 Å². The maximum Gasteiger partial charge on any atom is 0.255 e. The highest BCUT2D eigenvalue weighted by molar-refractivity contribution is 9.10. The van der Waals surface area contributed by atoms with E-state index in [9.17, 15) is 15.0 Å². The fourth-order valence-electron chi connectivity index (χ4n) is 1.64. The molecule has 0 aliphatic heterocycles. The van der Waals surface area contributed by atoms with Crippen LogP contribution in [0.4, 0.5) is 5.69 Å². The second-order valence-electron chi connectivity index (χ2n) is 3.99. The van der Waals surface area contributed by atoms with E-state index in [0.717, 1.165) is 10.5 Å². The number of nitrogens with zero attached hydrogens (tertiary/aromatic N) is 1. The number of phenols is 2. The van der Waals surface area contributed by atoms with E-state index in [1.165, 1.54) is 12.1 Å². The SMILES string of the molecule is N#Cc1cc(Br)ccc1NC(=O)c1cc(O)cc(O)c1. The Balaban J connectivity index is 2.30. The summed E-state index contributed by atoms with van der Waals surface area (Å²) >= 11 is 3.24. The zero-order chi connectivity index (χ0) is 14.7. The molecule has 0 saturated carbocycles. The Hall–Kier alpha value is -2.52. The van der Waals surface area contributed by atoms with Crippen LogP contribution in [0.2, 0.25) is 0 Å². The van der Waals surface area contributed by atoms with E-state index in [2.05, 4.69) is 21.2 Å². The highest BCUT2D eigenvalue weighted by Crippen LogP contribution is 2.23. The first-order chi connectivity index (χ1) is 9.49. The Kier molecular flexibility index (Phi) is 3.91. The van der Waals surface area contributed by atoms with Gasteiger partial charge in [-0.15, -0.1) is 0 Å². The summed E-state index contributed by atoms with van der Waals surface area (Å²) < 4.78 is 0.724. The number of nitrogens with one attached hydrogen (secondary N) is 1. The van der Waals surface area contributed by atoms with Gasteiger partial charge in [-0.05, 0) is 30.3 Å². The van der Waals surface area contributed by atoms with Gasteiger partial charge in [-0.3, -0.25) is 4.79 Å². The lowest BCUT2D eigenvalue weighted by Gasteiger charge is -2.08. The number of nitriles is 1. The predicted octanol–water partition coefficient (Wildman–Crippen LogP) is 2.98. The van der Waals surface area contributed by atoms with Crippen LogP contribution in [0.5, 0.6) is 11.5 Å². The van der Waals surface area contributed by atoms with Crippen molar-refractivity contribution >= 4 is 27.5 Å². The van der Waals surface area contributed by atoms with Gasteiger partial charge >= 0.3 is 0 Å². The number of hydrogen-bond donors (Lipinski definition) is 3. The van der Waals surface area contributed by atoms with Crippen molar-refractivity contribution in [2.24, 2.45) is 0 Å². The topological polar surface area (TPSA) is 93.4 Å². The van der Waals surface area contributed by atoms with E-state index >= 15 is 0 Å². The van der Waals surface area contributed by atoms with Crippen molar-refractivity contribution in [3.05, 3.63) is 52.0 Å². The number of anilines is 1. The van der Waals surface area contributed by atoms with Crippen LogP contribution in [-0.4, -0.2) is 16.1 Å². The highest BCUT2D eigenvalue weighted by atomic mass is 79.9. The molecule has 0 heterocycles. The summed E-state index contributed by atoms with van der Waals surface area (Å²) in [5.41, 5.74) is 0.745. The molecule has 2 rings (SSSR count). The van der Waals surface area contributed by atoms with Crippen molar-refractivity contribution in [2.45, 2.75) is 0 Å². The molecule has 5 nitrogen and oxygen atoms in total. The fourth-order valence-corrected chi connectivity index (χ4v) is 2.00. The summed E-state index contributed by atoms with van der Waals surface area (Å²) in [6, 6.07) is 10.4. The van der Waals surface area contributed by atoms with Gasteiger partial charge in [0.1, 0.15) is 17.6 Å². The minimum atomic E-state index is -0.532. The Morgan fingerprint density at radius 1 is 1.15 bits per heavy atom. The Bertz CT molecular complexity index is 703. The quantitative estimate of drug-likeness (QED) is 0.788. The molecule has 0 aliphatic carbocycles. The summed E-state index contributed by atoms with van der Waals surface area (Å²) in [5.74, 6) is -0.965. The van der Waals surface area contributed by atoms with Crippen LogP contribution in [0, 0.1) is 11.3 Å². The largest absolute Gasteiger partial charge is 0.508 e. The van der Waals surface area contributed by atoms with Crippen molar-refractivity contribution in [3.63, 3.8) is 0 Å². The molecule has 0 bridgehead atoms. The lowest BCUT2D eigenvalue weighted by atomic mass is 10.1. The third-order valence-corrected chi connectivity index (χ3v) is 3.01. The average Bonchev–Trinajstić information content (AvgIpc) is 2.39. The van der Waals surface area contributed by atoms with Gasteiger partial charge in [0.15, 0.2) is 0 Å². The smallest absolute Gasteiger partial charge is 0.255 e. The van der Waals surface area contributed by atoms with E-state index in [4.69, 9.17) is 5.26 Å². The van der Waals surface area contributed by atoms with Crippen LogP contribution in [-0.2, 0) is 0 Å². The number of carbonyl (C=O) groups is 1. The number of carbonyl (C=O) groups excluding carboxylic acids is 1. The van der Waals surface area contributed by atoms with Crippen LogP contribution in [0.1, 0.15) is 15.9 Å². The normalized spacial score (nSPS) is 9.80. The van der Waals surface area contributed by atoms with Crippen LogP contribution in [0.25, 0.3) is 0 Å². The molecular weight excluding hydrogens is 324 g/mol. The number of hydrogen-bond acceptors (Lipinski definition) is 4. The number of halogens is 1. The minimum Gasteiger partial charge on any atom is -0.508 e. The number of rotatable bonds is 2. The lowest BCUT2D eigenvalue weighted by molar-refractivity contribution is 0.102. The standard InChI is InChI=1S/C14H9BrN2O3/c15-10-1-2-13(9(3-10)7-16)17-14(20)8-4-11(18)6-12(19)5-8/h1-6,18-19H,(H,17,20). The predicted molar refractivity (Wildman–Crippen MR) is 76.6 cm³/mol. The lowest BCUT2D eigenvalue weighted by Crippen LogP contribution is -2.12. The van der Waals surface area contributed by atoms with Crippen molar-refractivity contribution in [3.8, 4) is 17.6 Å². The fraction of sp³-hybridized carbons (Fsp3) is 0. The van der Waals surface area contributed by atoms with Crippen LogP contribution in [0.3, 0.4) is 0 Å². The van der Waals surface area contributed by atoms with E-state index in [1.807, 2.05) is 6.07 Å². The summed E-state index contributed by atoms with van der Waals surface area (Å²) in [7, 11) is 0. The van der Waals surface area contributed by atoms with Crippen LogP contribution < -0.4 is 5.32 Å². The van der Waals surface area contributed by atoms with Crippen LogP contribution in [0.15, 0.2) is 40.9 Å². The van der Waals surface area contributed by atoms with E-state index in [0.29, 0.717) is 11.3 Å². The van der Waals surface area contributed by atoms with Crippen molar-refractivity contribution in [2.75, 3.05) is 5.32 Å². The molecular formula is C14H9BrN2O3. The van der Waals surface area contributed by atoms with Gasteiger partial charge in [0.05, 0.1) is 11.3 Å². The number of amides is 1. The zero-order valence-electron chi connectivity index (χ0n) is 10.1. The van der Waals surface area contributed by atoms with Gasteiger partial charge in [0, 0.05) is 16.1 Å². The van der Waals surface area contributed by atoms with Gasteiger partial charge < -0.3 is 15.5 Å². The summed E-state index contributed by atoms with van der Waals surface area (Å²) in [6.45, 7) is 0. The molecule has 20 heavy (non-hydrogen) atoms. The first kappa shape index (κ1) is 13.9. The van der Waals surface area contributed by atoms with Gasteiger partial charge in [-0.2, -0.15) is 5.26 Å². The average molecular weight is 333 g/mol. The monoisotopic (exact) mass is 332 g/mol. The molecule has 0 unspecified atom stereocenters. The first-order valence-electron chi connectivity index (χ1n) is 5.53. The van der Waals surface area contributed by atoms with Gasteiger partial charge in [0.25, 0.3) is 5.91 Å². The van der Waals surface area contributed by atoms with Gasteiger partial charge in [-0.1, -0.05) is 15.9 Å². The highest BCUT2D eigenvalue weighted by Gasteiger charge is 2.11. The molecule has 6 heteroatoms. The van der Waals surface area contributed by atoms with E-state index < -0.39 is 5.91 Å². The van der Waals surface area contributed by atoms with E-state index in [1.54, 1.807) is 18.2 Å². The third kappa shape index (κ3) is 3.08. The molecule has 0 saturated heterocycles. The summed E-state index contributed by atoms with van der Waals surface area (Å²) in [6.07, 6.45) is 0. The molecule has 0 atom stereocenters. The van der Waals surface area contributed by atoms with Gasteiger partial charge in [-0.25, -0.2) is 0 Å². The number of aromatic hydroxyl groups is 2. The molecule has 2 aromatic rings. The molecule has 0 aromatic heterocycles. The Morgan fingerprint density at radius 3 is 2.40 bits per heavy atom. The summed E-state index contributed by atoms with van der Waals surface area (Å²) in [5, 5.41) is 30.3. The molecule has 0 radical (unpaired) electrons. The molecule has 100 valence electrons. The van der Waals surface area contributed by atoms with E-state index in [-0.39, 0.29) is 17.1 Å². The molecule has 0 aliphatic rings. The van der Waals surface area contributed by atoms with Gasteiger partial charge in [0.2, 0.25) is 0 Å². The van der Waals surface area contributed by atoms with Crippen molar-refractivity contribution in [1.82, 2.24) is 0 Å². The summed E-state index contributed by atoms with van der Waals surface area (Å²) in [4.78, 5) is 12.0. The first-order valence-corrected chi connectivity index (χ1v) is 6.33. The third-order valence-electron chi connectivity index (χ3n) is 2.51. The maximum absolute atomic E-state index is 12.0. The zero-order valence-corrected chi connectivity index (χ0v) is 11.7. The molecule has 0 spiro atoms. The Morgan fingerprint density at radius 2 is 1.80 bits per heavy atom. The molecule has 2 aromatic carbocycles. The number of benzene rings is 2. The van der Waals surface area contributed by atoms with Crippen molar-refractivity contribution < 1.29 is 15.0 Å². The number of phenolic OH excluding ortho intramolecular Hbond substituents is 2. The Labute approximate surface area is 123 Å². The maximum atomic E-state index is 12.0. The molecule has 0 fully saturated rings. The minimum absolute atomic E-state index is 0.0920.